The summed E-state index contributed by atoms with van der Waals surface area (Å²) in [7, 11) is 3.40. The van der Waals surface area contributed by atoms with Gasteiger partial charge in [0.2, 0.25) is 0 Å². The quantitative estimate of drug-likeness (QED) is 0.0979. The second kappa shape index (κ2) is 31.0. The minimum atomic E-state index is 0. The second-order valence-electron chi connectivity index (χ2n) is 11.5. The third-order valence-corrected chi connectivity index (χ3v) is 11.0. The summed E-state index contributed by atoms with van der Waals surface area (Å²) < 4.78 is 0. The van der Waals surface area contributed by atoms with E-state index in [1.165, 1.54) is 128 Å². The van der Waals surface area contributed by atoms with Crippen LogP contribution in [0.1, 0.15) is 143 Å². The van der Waals surface area contributed by atoms with Crippen molar-refractivity contribution in [3.8, 4) is 0 Å². The molecule has 0 bridgehead atoms. The van der Waals surface area contributed by atoms with E-state index in [9.17, 15) is 0 Å². The molecular formula is C38H64CrP2. The molecule has 0 spiro atoms. The summed E-state index contributed by atoms with van der Waals surface area (Å²) in [5, 5.41) is 3.80. The summed E-state index contributed by atoms with van der Waals surface area (Å²) in [6.07, 6.45) is 28.8. The van der Waals surface area contributed by atoms with Crippen LogP contribution in [0.2, 0.25) is 0 Å². The number of hydrogen-bond acceptors (Lipinski definition) is 0. The first kappa shape index (κ1) is 40.6. The van der Waals surface area contributed by atoms with Crippen LogP contribution in [-0.2, 0) is 17.4 Å². The molecule has 0 saturated heterocycles. The molecule has 0 aliphatic carbocycles. The molecule has 232 valence electrons. The Kier molecular flexibility index (Phi) is 30.7. The largest absolute Gasteiger partial charge is 2.00 e. The SMILES string of the molecule is CCCCCC1=PCCC1CCCCC.CCCCCC1=PCCC1CCCCC.[Cr+2].c1cc[cH-]c1.c1cc[cH-]c1. The van der Waals surface area contributed by atoms with E-state index < -0.39 is 0 Å². The van der Waals surface area contributed by atoms with Crippen LogP contribution in [0, 0.1) is 11.8 Å². The normalized spacial score (nSPS) is 17.9. The van der Waals surface area contributed by atoms with E-state index in [-0.39, 0.29) is 17.4 Å². The van der Waals surface area contributed by atoms with Crippen molar-refractivity contribution in [2.75, 3.05) is 12.3 Å². The van der Waals surface area contributed by atoms with Gasteiger partial charge in [-0.1, -0.05) is 91.9 Å². The number of unbranched alkanes of at least 4 members (excludes halogenated alkanes) is 8. The van der Waals surface area contributed by atoms with Crippen LogP contribution in [0.4, 0.5) is 0 Å². The molecule has 3 heteroatoms. The average molecular weight is 635 g/mol. The summed E-state index contributed by atoms with van der Waals surface area (Å²) in [5.74, 6) is 2.02. The molecule has 0 N–H and O–H groups in total. The van der Waals surface area contributed by atoms with Gasteiger partial charge < -0.3 is 0 Å². The van der Waals surface area contributed by atoms with E-state index in [1.807, 2.05) is 71.3 Å². The van der Waals surface area contributed by atoms with E-state index in [1.54, 1.807) is 16.4 Å². The first-order valence-electron chi connectivity index (χ1n) is 17.2. The van der Waals surface area contributed by atoms with Crippen LogP contribution in [0.3, 0.4) is 0 Å². The monoisotopic (exact) mass is 634 g/mol. The molecule has 0 saturated carbocycles. The molecule has 0 nitrogen and oxygen atoms in total. The van der Waals surface area contributed by atoms with Crippen molar-refractivity contribution in [3.63, 3.8) is 0 Å². The number of hydrogen-bond donors (Lipinski definition) is 0. The van der Waals surface area contributed by atoms with Crippen molar-refractivity contribution in [3.05, 3.63) is 60.7 Å². The van der Waals surface area contributed by atoms with Crippen molar-refractivity contribution >= 4 is 27.0 Å². The van der Waals surface area contributed by atoms with Crippen LogP contribution in [0.25, 0.3) is 0 Å². The Morgan fingerprint density at radius 3 is 1.17 bits per heavy atom. The van der Waals surface area contributed by atoms with Gasteiger partial charge >= 0.3 is 17.4 Å². The molecule has 2 aromatic rings. The fraction of sp³-hybridized carbons (Fsp3) is 0.684. The predicted molar refractivity (Wildman–Crippen MR) is 190 cm³/mol. The van der Waals surface area contributed by atoms with Gasteiger partial charge in [0.15, 0.2) is 0 Å². The molecule has 2 aromatic carbocycles. The van der Waals surface area contributed by atoms with Crippen molar-refractivity contribution in [1.29, 1.82) is 0 Å². The van der Waals surface area contributed by atoms with E-state index >= 15 is 0 Å². The maximum Gasteiger partial charge on any atom is 2.00 e. The van der Waals surface area contributed by atoms with Gasteiger partial charge in [-0.2, -0.15) is 36.4 Å². The minimum absolute atomic E-state index is 0. The molecule has 2 aliphatic heterocycles. The Balaban J connectivity index is 0.000000573. The van der Waals surface area contributed by atoms with Crippen LogP contribution < -0.4 is 0 Å². The van der Waals surface area contributed by atoms with Crippen LogP contribution in [-0.4, -0.2) is 22.9 Å². The van der Waals surface area contributed by atoms with Gasteiger partial charge in [-0.25, -0.2) is 24.3 Å². The molecule has 0 amide bonds. The summed E-state index contributed by atoms with van der Waals surface area (Å²) in [6, 6.07) is 20.0. The average Bonchev–Trinajstić information content (AvgIpc) is 3.80. The Morgan fingerprint density at radius 1 is 0.537 bits per heavy atom. The molecule has 0 fully saturated rings. The molecule has 0 aromatic heterocycles. The standard InChI is InChI=1S/2C14H27P.2C5H5.Cr/c2*1-3-5-7-9-13-11-12-15-14(13)10-8-6-4-2;2*1-2-4-5-3-1;/h2*13H,3-12H2,1-2H3;2*1-5H;/q;;2*-1;+2. The van der Waals surface area contributed by atoms with E-state index in [0.29, 0.717) is 0 Å². The maximum absolute atomic E-state index is 2.30. The van der Waals surface area contributed by atoms with Gasteiger partial charge in [-0.3, -0.25) is 0 Å². The topological polar surface area (TPSA) is 0 Å². The molecule has 4 rings (SSSR count). The minimum Gasteiger partial charge on any atom is -0.214 e. The number of rotatable bonds is 16. The van der Waals surface area contributed by atoms with E-state index in [4.69, 9.17) is 0 Å². The molecule has 2 atom stereocenters. The predicted octanol–water partition coefficient (Wildman–Crippen LogP) is 13.4. The van der Waals surface area contributed by atoms with Gasteiger partial charge in [0.1, 0.15) is 0 Å². The third kappa shape index (κ3) is 22.7. The Labute approximate surface area is 271 Å². The van der Waals surface area contributed by atoms with Crippen molar-refractivity contribution in [2.24, 2.45) is 11.8 Å². The Morgan fingerprint density at radius 2 is 0.878 bits per heavy atom. The molecule has 2 aliphatic rings. The van der Waals surface area contributed by atoms with Gasteiger partial charge in [0.25, 0.3) is 0 Å². The van der Waals surface area contributed by atoms with Gasteiger partial charge in [0.05, 0.1) is 0 Å². The molecule has 0 radical (unpaired) electrons. The summed E-state index contributed by atoms with van der Waals surface area (Å²) in [5.41, 5.74) is 0. The molecule has 2 heterocycles. The molecule has 41 heavy (non-hydrogen) atoms. The summed E-state index contributed by atoms with van der Waals surface area (Å²) in [4.78, 5) is 0. The fourth-order valence-electron chi connectivity index (χ4n) is 5.54. The summed E-state index contributed by atoms with van der Waals surface area (Å²) in [6.45, 7) is 9.21. The third-order valence-electron chi connectivity index (χ3n) is 8.02. The summed E-state index contributed by atoms with van der Waals surface area (Å²) >= 11 is 0. The second-order valence-corrected chi connectivity index (χ2v) is 14.2. The zero-order chi connectivity index (χ0) is 28.9. The Hall–Kier alpha value is -0.428. The van der Waals surface area contributed by atoms with E-state index in [0.717, 1.165) is 11.8 Å². The van der Waals surface area contributed by atoms with Crippen LogP contribution in [0.15, 0.2) is 60.7 Å². The van der Waals surface area contributed by atoms with Crippen LogP contribution >= 0.6 is 16.4 Å². The first-order valence-corrected chi connectivity index (χ1v) is 19.3. The first-order chi connectivity index (χ1) is 19.8. The van der Waals surface area contributed by atoms with Gasteiger partial charge in [-0.15, -0.1) is 16.4 Å². The van der Waals surface area contributed by atoms with Gasteiger partial charge in [-0.05, 0) is 86.1 Å². The van der Waals surface area contributed by atoms with Crippen LogP contribution in [0.5, 0.6) is 0 Å². The van der Waals surface area contributed by atoms with Gasteiger partial charge in [0, 0.05) is 0 Å². The maximum atomic E-state index is 2.30. The Bertz CT molecular complexity index is 688. The van der Waals surface area contributed by atoms with Crippen molar-refractivity contribution in [1.82, 2.24) is 0 Å². The van der Waals surface area contributed by atoms with E-state index in [2.05, 4.69) is 27.7 Å². The molecule has 2 unspecified atom stereocenters. The smallest absolute Gasteiger partial charge is 0.214 e. The zero-order valence-corrected chi connectivity index (χ0v) is 30.4. The van der Waals surface area contributed by atoms with Crippen molar-refractivity contribution < 1.29 is 17.4 Å². The fourth-order valence-corrected chi connectivity index (χ4v) is 8.66. The zero-order valence-electron chi connectivity index (χ0n) is 27.4. The van der Waals surface area contributed by atoms with Crippen molar-refractivity contribution in [2.45, 2.75) is 143 Å². The molecular weight excluding hydrogens is 570 g/mol.